The normalized spacial score (nSPS) is 20.3. The van der Waals surface area contributed by atoms with Gasteiger partial charge in [-0.25, -0.2) is 0 Å². The lowest BCUT2D eigenvalue weighted by Crippen LogP contribution is -2.12. The molecule has 2 aliphatic rings. The van der Waals surface area contributed by atoms with Crippen LogP contribution in [0.1, 0.15) is 28.8 Å². The summed E-state index contributed by atoms with van der Waals surface area (Å²) >= 11 is 0. The molecule has 0 aromatic heterocycles. The summed E-state index contributed by atoms with van der Waals surface area (Å²) in [7, 11) is 0. The molecule has 1 spiro atoms. The largest absolute Gasteiger partial charge is 0.492 e. The Morgan fingerprint density at radius 1 is 1.43 bits per heavy atom. The van der Waals surface area contributed by atoms with E-state index in [9.17, 15) is 4.79 Å². The van der Waals surface area contributed by atoms with Crippen molar-refractivity contribution in [1.82, 2.24) is 0 Å². The number of benzene rings is 1. The van der Waals surface area contributed by atoms with Gasteiger partial charge in [0.15, 0.2) is 0 Å². The van der Waals surface area contributed by atoms with E-state index >= 15 is 0 Å². The molecule has 72 valence electrons. The smallest absolute Gasteiger partial charge is 0.248 e. The molecule has 2 N–H and O–H groups in total. The molecule has 1 fully saturated rings. The molecule has 3 nitrogen and oxygen atoms in total. The molecular weight excluding hydrogens is 178 g/mol. The summed E-state index contributed by atoms with van der Waals surface area (Å²) in [5.74, 6) is 0.558. The minimum absolute atomic E-state index is 0.223. The maximum Gasteiger partial charge on any atom is 0.248 e. The van der Waals surface area contributed by atoms with Crippen LogP contribution < -0.4 is 10.5 Å². The highest BCUT2D eigenvalue weighted by atomic mass is 16.5. The Morgan fingerprint density at radius 2 is 2.21 bits per heavy atom. The third-order valence-corrected chi connectivity index (χ3v) is 3.19. The van der Waals surface area contributed by atoms with E-state index in [1.54, 1.807) is 6.07 Å². The van der Waals surface area contributed by atoms with E-state index in [1.165, 1.54) is 18.4 Å². The zero-order chi connectivity index (χ0) is 9.76. The number of rotatable bonds is 1. The van der Waals surface area contributed by atoms with Gasteiger partial charge in [-0.05, 0) is 31.0 Å². The number of ether oxygens (including phenoxy) is 1. The van der Waals surface area contributed by atoms with Gasteiger partial charge in [0.25, 0.3) is 0 Å². The number of hydrogen-bond donors (Lipinski definition) is 1. The molecule has 3 rings (SSSR count). The predicted molar refractivity (Wildman–Crippen MR) is 51.4 cm³/mol. The van der Waals surface area contributed by atoms with Crippen LogP contribution in [0.5, 0.6) is 5.75 Å². The quantitative estimate of drug-likeness (QED) is 0.721. The van der Waals surface area contributed by atoms with Crippen LogP contribution in [0.4, 0.5) is 0 Å². The lowest BCUT2D eigenvalue weighted by molar-refractivity contribution is 0.1000. The van der Waals surface area contributed by atoms with E-state index in [2.05, 4.69) is 0 Å². The summed E-state index contributed by atoms with van der Waals surface area (Å²) in [4.78, 5) is 11.0. The van der Waals surface area contributed by atoms with E-state index in [0.29, 0.717) is 5.56 Å². The number of primary amides is 1. The lowest BCUT2D eigenvalue weighted by Gasteiger charge is -2.04. The van der Waals surface area contributed by atoms with Gasteiger partial charge in [-0.1, -0.05) is 0 Å². The number of carbonyl (C=O) groups is 1. The Labute approximate surface area is 81.9 Å². The first kappa shape index (κ1) is 7.85. The number of fused-ring (bicyclic) bond motifs is 2. The number of carbonyl (C=O) groups excluding carboxylic acids is 1. The standard InChI is InChI=1S/C11H11NO2/c12-10(13)7-1-2-9-8(5-7)11(3-4-11)6-14-9/h1-2,5H,3-4,6H2,(H2,12,13). The summed E-state index contributed by atoms with van der Waals surface area (Å²) in [6, 6.07) is 5.46. The van der Waals surface area contributed by atoms with Crippen LogP contribution >= 0.6 is 0 Å². The summed E-state index contributed by atoms with van der Waals surface area (Å²) in [6.07, 6.45) is 2.34. The highest BCUT2D eigenvalue weighted by Crippen LogP contribution is 2.55. The second-order valence-electron chi connectivity index (χ2n) is 4.14. The van der Waals surface area contributed by atoms with Crippen molar-refractivity contribution in [2.45, 2.75) is 18.3 Å². The molecule has 1 aromatic carbocycles. The zero-order valence-electron chi connectivity index (χ0n) is 7.75. The van der Waals surface area contributed by atoms with Crippen molar-refractivity contribution in [2.75, 3.05) is 6.61 Å². The Kier molecular flexibility index (Phi) is 1.29. The fourth-order valence-corrected chi connectivity index (χ4v) is 2.08. The van der Waals surface area contributed by atoms with Gasteiger partial charge in [-0.3, -0.25) is 4.79 Å². The van der Waals surface area contributed by atoms with Gasteiger partial charge in [0.1, 0.15) is 5.75 Å². The highest BCUT2D eigenvalue weighted by Gasteiger charge is 2.50. The van der Waals surface area contributed by atoms with E-state index in [4.69, 9.17) is 10.5 Å². The minimum Gasteiger partial charge on any atom is -0.492 e. The van der Waals surface area contributed by atoms with Gasteiger partial charge in [0.05, 0.1) is 6.61 Å². The van der Waals surface area contributed by atoms with Crippen molar-refractivity contribution < 1.29 is 9.53 Å². The van der Waals surface area contributed by atoms with Gasteiger partial charge in [0, 0.05) is 16.5 Å². The highest BCUT2D eigenvalue weighted by molar-refractivity contribution is 5.93. The summed E-state index contributed by atoms with van der Waals surface area (Å²) in [5.41, 5.74) is 7.22. The first-order valence-electron chi connectivity index (χ1n) is 4.78. The molecule has 1 heterocycles. The van der Waals surface area contributed by atoms with E-state index in [-0.39, 0.29) is 11.3 Å². The van der Waals surface area contributed by atoms with Crippen molar-refractivity contribution in [3.05, 3.63) is 29.3 Å². The molecule has 1 aliphatic heterocycles. The first-order valence-corrected chi connectivity index (χ1v) is 4.78. The van der Waals surface area contributed by atoms with Crippen molar-refractivity contribution >= 4 is 5.91 Å². The Bertz CT molecular complexity index is 421. The third kappa shape index (κ3) is 0.895. The molecule has 0 saturated heterocycles. The Hall–Kier alpha value is -1.51. The average Bonchev–Trinajstić information content (AvgIpc) is 2.85. The average molecular weight is 189 g/mol. The van der Waals surface area contributed by atoms with Crippen LogP contribution in [-0.4, -0.2) is 12.5 Å². The maximum atomic E-state index is 11.0. The van der Waals surface area contributed by atoms with Crippen molar-refractivity contribution in [3.8, 4) is 5.75 Å². The first-order chi connectivity index (χ1) is 6.71. The SMILES string of the molecule is NC(=O)c1ccc2c(c1)C1(CC1)CO2. The van der Waals surface area contributed by atoms with Crippen LogP contribution in [0, 0.1) is 0 Å². The molecule has 3 heteroatoms. The molecule has 1 amide bonds. The molecular formula is C11H11NO2. The molecule has 1 saturated carbocycles. The fraction of sp³-hybridized carbons (Fsp3) is 0.364. The second-order valence-corrected chi connectivity index (χ2v) is 4.14. The molecule has 1 aliphatic carbocycles. The fourth-order valence-electron chi connectivity index (χ4n) is 2.08. The van der Waals surface area contributed by atoms with Crippen molar-refractivity contribution in [2.24, 2.45) is 5.73 Å². The second kappa shape index (κ2) is 2.29. The van der Waals surface area contributed by atoms with Crippen molar-refractivity contribution in [1.29, 1.82) is 0 Å². The lowest BCUT2D eigenvalue weighted by atomic mass is 9.96. The summed E-state index contributed by atoms with van der Waals surface area (Å²) in [6.45, 7) is 0.768. The number of hydrogen-bond acceptors (Lipinski definition) is 2. The third-order valence-electron chi connectivity index (χ3n) is 3.19. The molecule has 1 aromatic rings. The predicted octanol–water partition coefficient (Wildman–Crippen LogP) is 1.21. The monoisotopic (exact) mass is 189 g/mol. The molecule has 0 unspecified atom stereocenters. The van der Waals surface area contributed by atoms with Crippen LogP contribution in [0.3, 0.4) is 0 Å². The molecule has 0 bridgehead atoms. The van der Waals surface area contributed by atoms with Crippen LogP contribution in [0.15, 0.2) is 18.2 Å². The van der Waals surface area contributed by atoms with Crippen LogP contribution in [0.2, 0.25) is 0 Å². The van der Waals surface area contributed by atoms with Crippen LogP contribution in [0.25, 0.3) is 0 Å². The number of nitrogens with two attached hydrogens (primary N) is 1. The van der Waals surface area contributed by atoms with Gasteiger partial charge in [-0.2, -0.15) is 0 Å². The summed E-state index contributed by atoms with van der Waals surface area (Å²) < 4.78 is 5.56. The topological polar surface area (TPSA) is 52.3 Å². The minimum atomic E-state index is -0.365. The molecule has 14 heavy (non-hydrogen) atoms. The Balaban J connectivity index is 2.13. The number of amides is 1. The van der Waals surface area contributed by atoms with E-state index in [0.717, 1.165) is 12.4 Å². The van der Waals surface area contributed by atoms with Gasteiger partial charge >= 0.3 is 0 Å². The van der Waals surface area contributed by atoms with Gasteiger partial charge in [0.2, 0.25) is 5.91 Å². The summed E-state index contributed by atoms with van der Waals surface area (Å²) in [5, 5.41) is 0. The van der Waals surface area contributed by atoms with Gasteiger partial charge < -0.3 is 10.5 Å². The maximum absolute atomic E-state index is 11.0. The molecule has 0 radical (unpaired) electrons. The van der Waals surface area contributed by atoms with E-state index in [1.807, 2.05) is 12.1 Å². The van der Waals surface area contributed by atoms with E-state index < -0.39 is 0 Å². The van der Waals surface area contributed by atoms with Gasteiger partial charge in [-0.15, -0.1) is 0 Å². The molecule has 0 atom stereocenters. The zero-order valence-corrected chi connectivity index (χ0v) is 7.75. The van der Waals surface area contributed by atoms with Crippen LogP contribution in [-0.2, 0) is 5.41 Å². The van der Waals surface area contributed by atoms with Crippen molar-refractivity contribution in [3.63, 3.8) is 0 Å². The Morgan fingerprint density at radius 3 is 2.86 bits per heavy atom.